The minimum Gasteiger partial charge on any atom is -0.228 e. The van der Waals surface area contributed by atoms with Crippen molar-refractivity contribution >= 4 is 11.0 Å². The molecule has 4 rings (SSSR count). The summed E-state index contributed by atoms with van der Waals surface area (Å²) in [7, 11) is 0. The minimum atomic E-state index is -2.75. The van der Waals surface area contributed by atoms with E-state index in [4.69, 9.17) is 0 Å². The third kappa shape index (κ3) is 3.48. The molecule has 2 aromatic heterocycles. The lowest BCUT2D eigenvalue weighted by molar-refractivity contribution is 0.153. The van der Waals surface area contributed by atoms with Gasteiger partial charge in [-0.2, -0.15) is 5.10 Å². The van der Waals surface area contributed by atoms with Gasteiger partial charge in [-0.25, -0.2) is 27.2 Å². The summed E-state index contributed by atoms with van der Waals surface area (Å²) in [4.78, 5) is 4.57. The number of aromatic nitrogens is 3. The van der Waals surface area contributed by atoms with Gasteiger partial charge in [0.2, 0.25) is 0 Å². The van der Waals surface area contributed by atoms with E-state index in [1.807, 2.05) is 13.8 Å². The lowest BCUT2D eigenvalue weighted by Gasteiger charge is -2.10. The number of nitrogens with zero attached hydrogens (tertiary/aromatic N) is 3. The van der Waals surface area contributed by atoms with Gasteiger partial charge in [-0.15, -0.1) is 0 Å². The van der Waals surface area contributed by atoms with Crippen molar-refractivity contribution in [2.75, 3.05) is 0 Å². The molecule has 0 atom stereocenters. The standard InChI is InChI=1S/C22H17F4N3/c1-12(2)20-19-17(21(25)26)11-18(13-3-5-14(23)6-4-13)27-22(19)29(28-20)16-9-7-15(24)8-10-16/h3-12,21H,1-2H3. The minimum absolute atomic E-state index is 0.129. The Bertz CT molecular complexity index is 1160. The second-order valence-corrected chi connectivity index (χ2v) is 7.03. The molecule has 7 heteroatoms. The van der Waals surface area contributed by atoms with Crippen LogP contribution in [0.5, 0.6) is 0 Å². The van der Waals surface area contributed by atoms with Gasteiger partial charge in [-0.3, -0.25) is 0 Å². The average molecular weight is 399 g/mol. The Kier molecular flexibility index (Phi) is 4.82. The van der Waals surface area contributed by atoms with Crippen LogP contribution >= 0.6 is 0 Å². The molecular weight excluding hydrogens is 382 g/mol. The number of hydrogen-bond donors (Lipinski definition) is 0. The van der Waals surface area contributed by atoms with Crippen LogP contribution in [0.25, 0.3) is 28.0 Å². The molecule has 0 bridgehead atoms. The van der Waals surface area contributed by atoms with Crippen LogP contribution in [0.15, 0.2) is 54.6 Å². The molecule has 0 radical (unpaired) electrons. The van der Waals surface area contributed by atoms with E-state index < -0.39 is 18.1 Å². The molecule has 2 heterocycles. The van der Waals surface area contributed by atoms with E-state index in [9.17, 15) is 17.6 Å². The van der Waals surface area contributed by atoms with Crippen LogP contribution in [0.1, 0.15) is 37.4 Å². The fourth-order valence-electron chi connectivity index (χ4n) is 3.28. The van der Waals surface area contributed by atoms with Crippen LogP contribution in [-0.2, 0) is 0 Å². The van der Waals surface area contributed by atoms with Crippen LogP contribution < -0.4 is 0 Å². The maximum Gasteiger partial charge on any atom is 0.264 e. The Morgan fingerprint density at radius 1 is 0.862 bits per heavy atom. The van der Waals surface area contributed by atoms with Gasteiger partial charge >= 0.3 is 0 Å². The van der Waals surface area contributed by atoms with Crippen molar-refractivity contribution in [3.05, 3.63) is 77.5 Å². The molecule has 148 valence electrons. The van der Waals surface area contributed by atoms with E-state index in [2.05, 4.69) is 10.1 Å². The molecule has 0 saturated carbocycles. The summed E-state index contributed by atoms with van der Waals surface area (Å²) in [6, 6.07) is 12.4. The Balaban J connectivity index is 2.05. The van der Waals surface area contributed by atoms with Crippen LogP contribution in [0.2, 0.25) is 0 Å². The number of benzene rings is 2. The molecule has 3 nitrogen and oxygen atoms in total. The molecule has 0 N–H and O–H groups in total. The highest BCUT2D eigenvalue weighted by Gasteiger charge is 2.24. The summed E-state index contributed by atoms with van der Waals surface area (Å²) in [5.74, 6) is -0.972. The molecular formula is C22H17F4N3. The molecule has 0 unspecified atom stereocenters. The zero-order chi connectivity index (χ0) is 20.7. The molecule has 0 spiro atoms. The van der Waals surface area contributed by atoms with E-state index >= 15 is 0 Å². The zero-order valence-corrected chi connectivity index (χ0v) is 15.7. The molecule has 0 amide bonds. The Morgan fingerprint density at radius 3 is 2.00 bits per heavy atom. The summed E-state index contributed by atoms with van der Waals surface area (Å²) in [6.45, 7) is 3.72. The lowest BCUT2D eigenvalue weighted by Crippen LogP contribution is -2.00. The SMILES string of the molecule is CC(C)c1nn(-c2ccc(F)cc2)c2nc(-c3ccc(F)cc3)cc(C(F)F)c12. The van der Waals surface area contributed by atoms with E-state index in [0.29, 0.717) is 16.9 Å². The van der Waals surface area contributed by atoms with Crippen molar-refractivity contribution in [2.45, 2.75) is 26.2 Å². The Hall–Kier alpha value is -3.22. The summed E-state index contributed by atoms with van der Waals surface area (Å²) >= 11 is 0. The number of rotatable bonds is 4. The number of hydrogen-bond acceptors (Lipinski definition) is 2. The third-order valence-electron chi connectivity index (χ3n) is 4.69. The monoisotopic (exact) mass is 399 g/mol. The van der Waals surface area contributed by atoms with Crippen LogP contribution in [-0.4, -0.2) is 14.8 Å². The second kappa shape index (κ2) is 7.31. The van der Waals surface area contributed by atoms with Gasteiger partial charge in [-0.05, 0) is 60.5 Å². The first kappa shape index (κ1) is 19.1. The van der Waals surface area contributed by atoms with Crippen LogP contribution in [0.4, 0.5) is 17.6 Å². The predicted octanol–water partition coefficient (Wildman–Crippen LogP) is 6.43. The summed E-state index contributed by atoms with van der Waals surface area (Å²) in [6.07, 6.45) is -2.75. The van der Waals surface area contributed by atoms with Gasteiger partial charge in [0, 0.05) is 11.1 Å². The number of halogens is 4. The topological polar surface area (TPSA) is 30.7 Å². The maximum atomic E-state index is 14.0. The Labute approximate surface area is 164 Å². The van der Waals surface area contributed by atoms with Gasteiger partial charge in [0.25, 0.3) is 6.43 Å². The first-order valence-corrected chi connectivity index (χ1v) is 9.08. The quantitative estimate of drug-likeness (QED) is 0.371. The van der Waals surface area contributed by atoms with E-state index in [1.54, 1.807) is 0 Å². The predicted molar refractivity (Wildman–Crippen MR) is 103 cm³/mol. The van der Waals surface area contributed by atoms with Crippen molar-refractivity contribution in [1.29, 1.82) is 0 Å². The molecule has 0 fully saturated rings. The van der Waals surface area contributed by atoms with E-state index in [-0.39, 0.29) is 28.2 Å². The fraction of sp³-hybridized carbons (Fsp3) is 0.182. The smallest absolute Gasteiger partial charge is 0.228 e. The summed E-state index contributed by atoms with van der Waals surface area (Å²) in [5, 5.41) is 4.80. The normalized spacial score (nSPS) is 11.7. The molecule has 4 aromatic rings. The van der Waals surface area contributed by atoms with Crippen molar-refractivity contribution in [2.24, 2.45) is 0 Å². The molecule has 0 saturated heterocycles. The van der Waals surface area contributed by atoms with E-state index in [0.717, 1.165) is 0 Å². The van der Waals surface area contributed by atoms with Gasteiger partial charge in [-0.1, -0.05) is 13.8 Å². The summed E-state index contributed by atoms with van der Waals surface area (Å²) in [5.41, 5.74) is 1.84. The highest BCUT2D eigenvalue weighted by Crippen LogP contribution is 2.36. The molecule has 2 aromatic carbocycles. The van der Waals surface area contributed by atoms with Crippen LogP contribution in [0.3, 0.4) is 0 Å². The number of pyridine rings is 1. The highest BCUT2D eigenvalue weighted by molar-refractivity contribution is 5.87. The highest BCUT2D eigenvalue weighted by atomic mass is 19.3. The van der Waals surface area contributed by atoms with Crippen molar-refractivity contribution in [3.63, 3.8) is 0 Å². The molecule has 0 aliphatic heterocycles. The first-order chi connectivity index (χ1) is 13.8. The second-order valence-electron chi connectivity index (χ2n) is 7.03. The number of fused-ring (bicyclic) bond motifs is 1. The van der Waals surface area contributed by atoms with Gasteiger partial charge in [0.1, 0.15) is 11.6 Å². The molecule has 0 aliphatic rings. The first-order valence-electron chi connectivity index (χ1n) is 9.08. The molecule has 29 heavy (non-hydrogen) atoms. The maximum absolute atomic E-state index is 14.0. The largest absolute Gasteiger partial charge is 0.264 e. The molecule has 0 aliphatic carbocycles. The van der Waals surface area contributed by atoms with E-state index in [1.165, 1.54) is 59.3 Å². The lowest BCUT2D eigenvalue weighted by atomic mass is 10.0. The Morgan fingerprint density at radius 2 is 1.45 bits per heavy atom. The van der Waals surface area contributed by atoms with Gasteiger partial charge in [0.05, 0.1) is 22.5 Å². The third-order valence-corrected chi connectivity index (χ3v) is 4.69. The van der Waals surface area contributed by atoms with Crippen molar-refractivity contribution in [3.8, 4) is 16.9 Å². The van der Waals surface area contributed by atoms with Gasteiger partial charge in [0.15, 0.2) is 5.65 Å². The average Bonchev–Trinajstić information content (AvgIpc) is 3.08. The number of alkyl halides is 2. The van der Waals surface area contributed by atoms with Crippen molar-refractivity contribution < 1.29 is 17.6 Å². The van der Waals surface area contributed by atoms with Gasteiger partial charge < -0.3 is 0 Å². The fourth-order valence-corrected chi connectivity index (χ4v) is 3.28. The van der Waals surface area contributed by atoms with Crippen molar-refractivity contribution in [1.82, 2.24) is 14.8 Å². The zero-order valence-electron chi connectivity index (χ0n) is 15.7. The summed E-state index contributed by atoms with van der Waals surface area (Å²) < 4.78 is 56.1. The van der Waals surface area contributed by atoms with Crippen LogP contribution in [0, 0.1) is 11.6 Å².